The first kappa shape index (κ1) is 18.3. The van der Waals surface area contributed by atoms with Crippen molar-refractivity contribution in [1.29, 1.82) is 0 Å². The van der Waals surface area contributed by atoms with Crippen LogP contribution < -0.4 is 10.0 Å². The van der Waals surface area contributed by atoms with E-state index in [0.717, 1.165) is 12.3 Å². The van der Waals surface area contributed by atoms with Crippen LogP contribution in [0.3, 0.4) is 0 Å². The Morgan fingerprint density at radius 3 is 2.48 bits per heavy atom. The van der Waals surface area contributed by atoms with Gasteiger partial charge in [0.2, 0.25) is 0 Å². The predicted molar refractivity (Wildman–Crippen MR) is 105 cm³/mol. The molecule has 2 bridgehead atoms. The summed E-state index contributed by atoms with van der Waals surface area (Å²) in [5.41, 5.74) is 0.805. The zero-order valence-corrected chi connectivity index (χ0v) is 16.3. The quantitative estimate of drug-likeness (QED) is 0.789. The number of anilines is 1. The standard InChI is InChI=1S/C20H21ClN2O3S/c21-16-6-8-18(9-7-16)27(25,26)23-17-3-1-2-15(12-17)20(24)22-19-11-13-4-5-14(19)10-13/h1-3,6-9,12-14,19,23H,4-5,10-11H2,(H,22,24)/t13-,14-,19-/m0/s1. The highest BCUT2D eigenvalue weighted by Gasteiger charge is 2.40. The van der Waals surface area contributed by atoms with Gasteiger partial charge in [0.1, 0.15) is 0 Å². The van der Waals surface area contributed by atoms with Crippen molar-refractivity contribution in [2.45, 2.75) is 36.6 Å². The Kier molecular flexibility index (Phi) is 4.86. The van der Waals surface area contributed by atoms with Gasteiger partial charge in [-0.1, -0.05) is 24.1 Å². The van der Waals surface area contributed by atoms with Crippen LogP contribution in [0, 0.1) is 11.8 Å². The van der Waals surface area contributed by atoms with Crippen LogP contribution in [0.5, 0.6) is 0 Å². The number of benzene rings is 2. The molecule has 142 valence electrons. The van der Waals surface area contributed by atoms with E-state index >= 15 is 0 Å². The third-order valence-electron chi connectivity index (χ3n) is 5.56. The molecule has 0 aromatic heterocycles. The fourth-order valence-corrected chi connectivity index (χ4v) is 5.40. The Balaban J connectivity index is 1.47. The molecule has 4 rings (SSSR count). The number of carbonyl (C=O) groups is 1. The minimum absolute atomic E-state index is 0.115. The molecule has 0 spiro atoms. The number of carbonyl (C=O) groups excluding carboxylic acids is 1. The van der Waals surface area contributed by atoms with Gasteiger partial charge in [0.05, 0.1) is 4.90 Å². The third-order valence-corrected chi connectivity index (χ3v) is 7.20. The molecule has 5 nitrogen and oxygen atoms in total. The molecule has 2 N–H and O–H groups in total. The first-order chi connectivity index (χ1) is 12.9. The summed E-state index contributed by atoms with van der Waals surface area (Å²) in [7, 11) is -3.74. The number of rotatable bonds is 5. The van der Waals surface area contributed by atoms with E-state index in [9.17, 15) is 13.2 Å². The van der Waals surface area contributed by atoms with Gasteiger partial charge in [-0.3, -0.25) is 9.52 Å². The second-order valence-electron chi connectivity index (χ2n) is 7.40. The molecule has 2 aliphatic carbocycles. The van der Waals surface area contributed by atoms with Crippen molar-refractivity contribution in [3.63, 3.8) is 0 Å². The fourth-order valence-electron chi connectivity index (χ4n) is 4.22. The minimum Gasteiger partial charge on any atom is -0.349 e. The summed E-state index contributed by atoms with van der Waals surface area (Å²) in [6.07, 6.45) is 4.74. The Morgan fingerprint density at radius 2 is 1.81 bits per heavy atom. The van der Waals surface area contributed by atoms with E-state index in [2.05, 4.69) is 10.0 Å². The molecule has 2 saturated carbocycles. The number of sulfonamides is 1. The van der Waals surface area contributed by atoms with Gasteiger partial charge >= 0.3 is 0 Å². The second-order valence-corrected chi connectivity index (χ2v) is 9.51. The third kappa shape index (κ3) is 3.96. The van der Waals surface area contributed by atoms with Crippen LogP contribution in [-0.2, 0) is 10.0 Å². The van der Waals surface area contributed by atoms with Crippen LogP contribution in [0.25, 0.3) is 0 Å². The number of hydrogen-bond acceptors (Lipinski definition) is 3. The van der Waals surface area contributed by atoms with Gasteiger partial charge in [-0.15, -0.1) is 0 Å². The summed E-state index contributed by atoms with van der Waals surface area (Å²) >= 11 is 5.81. The smallest absolute Gasteiger partial charge is 0.261 e. The lowest BCUT2D eigenvalue weighted by Gasteiger charge is -2.23. The van der Waals surface area contributed by atoms with E-state index in [1.165, 1.54) is 43.5 Å². The first-order valence-corrected chi connectivity index (χ1v) is 11.0. The molecular weight excluding hydrogens is 384 g/mol. The van der Waals surface area contributed by atoms with Gasteiger partial charge in [-0.2, -0.15) is 0 Å². The zero-order valence-electron chi connectivity index (χ0n) is 14.7. The van der Waals surface area contributed by atoms with Crippen molar-refractivity contribution in [2.24, 2.45) is 11.8 Å². The summed E-state index contributed by atoms with van der Waals surface area (Å²) < 4.78 is 27.5. The average Bonchev–Trinajstić information content (AvgIpc) is 3.25. The largest absolute Gasteiger partial charge is 0.349 e. The van der Waals surface area contributed by atoms with Crippen LogP contribution in [0.4, 0.5) is 5.69 Å². The van der Waals surface area contributed by atoms with E-state index in [-0.39, 0.29) is 16.8 Å². The van der Waals surface area contributed by atoms with Crippen LogP contribution in [0.1, 0.15) is 36.0 Å². The SMILES string of the molecule is O=C(N[C@H]1C[C@H]2CC[C@H]1C2)c1cccc(NS(=O)(=O)c2ccc(Cl)cc2)c1. The topological polar surface area (TPSA) is 75.3 Å². The molecule has 2 aliphatic rings. The van der Waals surface area contributed by atoms with E-state index < -0.39 is 10.0 Å². The normalized spacial score (nSPS) is 24.0. The maximum Gasteiger partial charge on any atom is 0.261 e. The molecule has 0 radical (unpaired) electrons. The molecule has 0 heterocycles. The van der Waals surface area contributed by atoms with Gasteiger partial charge in [0, 0.05) is 22.3 Å². The molecule has 0 saturated heterocycles. The molecule has 27 heavy (non-hydrogen) atoms. The summed E-state index contributed by atoms with van der Waals surface area (Å²) in [5, 5.41) is 3.59. The molecule has 0 aliphatic heterocycles. The average molecular weight is 405 g/mol. The van der Waals surface area contributed by atoms with Gasteiger partial charge in [0.25, 0.3) is 15.9 Å². The first-order valence-electron chi connectivity index (χ1n) is 9.10. The number of halogens is 1. The summed E-state index contributed by atoms with van der Waals surface area (Å²) in [6, 6.07) is 12.7. The van der Waals surface area contributed by atoms with Crippen LogP contribution in [0.15, 0.2) is 53.4 Å². The molecule has 1 amide bonds. The van der Waals surface area contributed by atoms with Crippen LogP contribution in [-0.4, -0.2) is 20.4 Å². The summed E-state index contributed by atoms with van der Waals surface area (Å²) in [4.78, 5) is 12.7. The van der Waals surface area contributed by atoms with Crippen molar-refractivity contribution < 1.29 is 13.2 Å². The highest BCUT2D eigenvalue weighted by atomic mass is 35.5. The molecule has 0 unspecified atom stereocenters. The van der Waals surface area contributed by atoms with Gasteiger partial charge in [-0.05, 0) is 73.6 Å². The van der Waals surface area contributed by atoms with E-state index in [1.807, 2.05) is 0 Å². The number of fused-ring (bicyclic) bond motifs is 2. The zero-order chi connectivity index (χ0) is 19.0. The number of hydrogen-bond donors (Lipinski definition) is 2. The highest BCUT2D eigenvalue weighted by molar-refractivity contribution is 7.92. The second kappa shape index (κ2) is 7.17. The Bertz CT molecular complexity index is 959. The van der Waals surface area contributed by atoms with Crippen LogP contribution in [0.2, 0.25) is 5.02 Å². The lowest BCUT2D eigenvalue weighted by Crippen LogP contribution is -2.38. The van der Waals surface area contributed by atoms with Crippen LogP contribution >= 0.6 is 11.6 Å². The molecule has 2 aromatic rings. The maximum atomic E-state index is 12.6. The Labute approximate surface area is 164 Å². The molecule has 2 fully saturated rings. The minimum atomic E-state index is -3.74. The highest BCUT2D eigenvalue weighted by Crippen LogP contribution is 2.44. The summed E-state index contributed by atoms with van der Waals surface area (Å²) in [6.45, 7) is 0. The molecule has 2 aromatic carbocycles. The van der Waals surface area contributed by atoms with E-state index in [1.54, 1.807) is 24.3 Å². The Hall–Kier alpha value is -2.05. The fraction of sp³-hybridized carbons (Fsp3) is 0.350. The molecule has 3 atom stereocenters. The summed E-state index contributed by atoms with van der Waals surface area (Å²) in [5.74, 6) is 1.18. The van der Waals surface area contributed by atoms with Crippen molar-refractivity contribution in [1.82, 2.24) is 5.32 Å². The van der Waals surface area contributed by atoms with Gasteiger partial charge in [0.15, 0.2) is 0 Å². The predicted octanol–water partition coefficient (Wildman–Crippen LogP) is 4.06. The van der Waals surface area contributed by atoms with Crippen molar-refractivity contribution in [3.8, 4) is 0 Å². The Morgan fingerprint density at radius 1 is 1.04 bits per heavy atom. The van der Waals surface area contributed by atoms with Gasteiger partial charge in [-0.25, -0.2) is 8.42 Å². The molecule has 7 heteroatoms. The van der Waals surface area contributed by atoms with E-state index in [0.29, 0.717) is 22.2 Å². The van der Waals surface area contributed by atoms with Gasteiger partial charge < -0.3 is 5.32 Å². The van der Waals surface area contributed by atoms with Crippen molar-refractivity contribution in [3.05, 3.63) is 59.1 Å². The number of nitrogens with one attached hydrogen (secondary N) is 2. The van der Waals surface area contributed by atoms with Crippen molar-refractivity contribution in [2.75, 3.05) is 4.72 Å². The maximum absolute atomic E-state index is 12.6. The lowest BCUT2D eigenvalue weighted by molar-refractivity contribution is 0.0923. The molecular formula is C20H21ClN2O3S. The lowest BCUT2D eigenvalue weighted by atomic mass is 9.95. The van der Waals surface area contributed by atoms with Crippen molar-refractivity contribution >= 4 is 33.2 Å². The number of amides is 1. The van der Waals surface area contributed by atoms with E-state index in [4.69, 9.17) is 11.6 Å². The monoisotopic (exact) mass is 404 g/mol.